The number of hydrogen-bond acceptors (Lipinski definition) is 6. The molecular weight excluding hydrogens is 344 g/mol. The van der Waals surface area contributed by atoms with Crippen LogP contribution in [0.15, 0.2) is 53.6 Å². The van der Waals surface area contributed by atoms with Gasteiger partial charge >= 0.3 is 5.97 Å². The third-order valence-corrected chi connectivity index (χ3v) is 4.37. The summed E-state index contributed by atoms with van der Waals surface area (Å²) in [5, 5.41) is 17.7. The molecule has 3 rings (SSSR count). The van der Waals surface area contributed by atoms with Crippen molar-refractivity contribution in [2.24, 2.45) is 5.14 Å². The van der Waals surface area contributed by atoms with Gasteiger partial charge in [-0.15, -0.1) is 0 Å². The number of carbonyl (C=O) groups is 1. The van der Waals surface area contributed by atoms with Crippen LogP contribution in [-0.2, 0) is 21.2 Å². The SMILES string of the molecule is NS(=O)(=O)c1ccc(Nc2ncc3ccc(CC(=O)O)cc3n2)cc1. The summed E-state index contributed by atoms with van der Waals surface area (Å²) < 4.78 is 22.5. The maximum atomic E-state index is 11.2. The second-order valence-corrected chi connectivity index (χ2v) is 6.91. The maximum Gasteiger partial charge on any atom is 0.307 e. The molecule has 0 saturated heterocycles. The van der Waals surface area contributed by atoms with Gasteiger partial charge < -0.3 is 10.4 Å². The molecule has 0 fully saturated rings. The van der Waals surface area contributed by atoms with E-state index in [0.717, 1.165) is 5.39 Å². The molecule has 1 heterocycles. The standard InChI is InChI=1S/C16H14N4O4S/c17-25(23,24)13-5-3-12(4-6-13)19-16-18-9-11-2-1-10(8-15(21)22)7-14(11)20-16/h1-7,9H,8H2,(H,21,22)(H2,17,23,24)(H,18,19,20). The molecule has 0 atom stereocenters. The monoisotopic (exact) mass is 358 g/mol. The summed E-state index contributed by atoms with van der Waals surface area (Å²) in [4.78, 5) is 19.4. The molecule has 0 aliphatic rings. The van der Waals surface area contributed by atoms with Gasteiger partial charge in [-0.3, -0.25) is 4.79 Å². The van der Waals surface area contributed by atoms with Crippen LogP contribution in [0.4, 0.5) is 11.6 Å². The molecule has 25 heavy (non-hydrogen) atoms. The number of nitrogens with zero attached hydrogens (tertiary/aromatic N) is 2. The number of nitrogens with two attached hydrogens (primary N) is 1. The number of rotatable bonds is 5. The molecule has 0 radical (unpaired) electrons. The van der Waals surface area contributed by atoms with Crippen LogP contribution in [0.1, 0.15) is 5.56 Å². The minimum Gasteiger partial charge on any atom is -0.481 e. The Morgan fingerprint density at radius 3 is 2.52 bits per heavy atom. The lowest BCUT2D eigenvalue weighted by Crippen LogP contribution is -2.11. The van der Waals surface area contributed by atoms with Crippen LogP contribution in [0.2, 0.25) is 0 Å². The van der Waals surface area contributed by atoms with Crippen molar-refractivity contribution < 1.29 is 18.3 Å². The summed E-state index contributed by atoms with van der Waals surface area (Å²) >= 11 is 0. The number of benzene rings is 2. The van der Waals surface area contributed by atoms with Crippen LogP contribution >= 0.6 is 0 Å². The third-order valence-electron chi connectivity index (χ3n) is 3.44. The highest BCUT2D eigenvalue weighted by Gasteiger charge is 2.08. The Kier molecular flexibility index (Phi) is 4.34. The van der Waals surface area contributed by atoms with Gasteiger partial charge in [-0.25, -0.2) is 23.5 Å². The molecule has 128 valence electrons. The van der Waals surface area contributed by atoms with Crippen molar-refractivity contribution in [3.8, 4) is 0 Å². The summed E-state index contributed by atoms with van der Waals surface area (Å²) in [7, 11) is -3.74. The second kappa shape index (κ2) is 6.46. The first-order valence-corrected chi connectivity index (χ1v) is 8.73. The highest BCUT2D eigenvalue weighted by atomic mass is 32.2. The zero-order valence-corrected chi connectivity index (χ0v) is 13.7. The van der Waals surface area contributed by atoms with Crippen molar-refractivity contribution in [3.63, 3.8) is 0 Å². The lowest BCUT2D eigenvalue weighted by atomic mass is 10.1. The normalized spacial score (nSPS) is 11.4. The molecule has 8 nitrogen and oxygen atoms in total. The summed E-state index contributed by atoms with van der Waals surface area (Å²) in [6, 6.07) is 11.0. The number of hydrogen-bond donors (Lipinski definition) is 3. The van der Waals surface area contributed by atoms with Crippen LogP contribution in [0.25, 0.3) is 10.9 Å². The largest absolute Gasteiger partial charge is 0.481 e. The first-order valence-electron chi connectivity index (χ1n) is 7.19. The molecule has 2 aromatic carbocycles. The van der Waals surface area contributed by atoms with E-state index in [1.165, 1.54) is 12.1 Å². The first kappa shape index (κ1) is 16.8. The van der Waals surface area contributed by atoms with Gasteiger partial charge in [-0.1, -0.05) is 12.1 Å². The average Bonchev–Trinajstić information content (AvgIpc) is 2.53. The fraction of sp³-hybridized carbons (Fsp3) is 0.0625. The quantitative estimate of drug-likeness (QED) is 0.631. The van der Waals surface area contributed by atoms with Gasteiger partial charge in [0.15, 0.2) is 0 Å². The highest BCUT2D eigenvalue weighted by molar-refractivity contribution is 7.89. The lowest BCUT2D eigenvalue weighted by molar-refractivity contribution is -0.136. The van der Waals surface area contributed by atoms with E-state index in [-0.39, 0.29) is 11.3 Å². The van der Waals surface area contributed by atoms with Crippen molar-refractivity contribution >= 4 is 38.5 Å². The predicted octanol–water partition coefficient (Wildman–Crippen LogP) is 1.65. The van der Waals surface area contributed by atoms with Crippen molar-refractivity contribution in [2.45, 2.75) is 11.3 Å². The van der Waals surface area contributed by atoms with E-state index < -0.39 is 16.0 Å². The third kappa shape index (κ3) is 4.08. The Balaban J connectivity index is 1.87. The first-order chi connectivity index (χ1) is 11.8. The molecule has 0 aliphatic carbocycles. The second-order valence-electron chi connectivity index (χ2n) is 5.35. The predicted molar refractivity (Wildman–Crippen MR) is 92.0 cm³/mol. The van der Waals surface area contributed by atoms with Gasteiger partial charge in [0.25, 0.3) is 0 Å². The molecule has 0 amide bonds. The molecule has 0 unspecified atom stereocenters. The minimum absolute atomic E-state index is 0.00999. The molecule has 3 aromatic rings. The zero-order valence-electron chi connectivity index (χ0n) is 12.9. The van der Waals surface area contributed by atoms with Gasteiger partial charge in [0.05, 0.1) is 16.8 Å². The fourth-order valence-electron chi connectivity index (χ4n) is 2.27. The Morgan fingerprint density at radius 1 is 1.16 bits per heavy atom. The molecule has 4 N–H and O–H groups in total. The number of carboxylic acids is 1. The fourth-order valence-corrected chi connectivity index (χ4v) is 2.79. The molecular formula is C16H14N4O4S. The number of primary sulfonamides is 1. The molecule has 0 spiro atoms. The Labute approximate surface area is 143 Å². The summed E-state index contributed by atoms with van der Waals surface area (Å²) in [6.45, 7) is 0. The summed E-state index contributed by atoms with van der Waals surface area (Å²) in [5.41, 5.74) is 1.84. The number of anilines is 2. The van der Waals surface area contributed by atoms with E-state index >= 15 is 0 Å². The molecule has 0 saturated carbocycles. The van der Waals surface area contributed by atoms with Crippen molar-refractivity contribution in [1.82, 2.24) is 9.97 Å². The summed E-state index contributed by atoms with van der Waals surface area (Å²) in [6.07, 6.45) is 1.53. The van der Waals surface area contributed by atoms with Gasteiger partial charge in [-0.2, -0.15) is 0 Å². The smallest absolute Gasteiger partial charge is 0.307 e. The van der Waals surface area contributed by atoms with E-state index in [2.05, 4.69) is 15.3 Å². The number of nitrogens with one attached hydrogen (secondary N) is 1. The van der Waals surface area contributed by atoms with E-state index in [1.807, 2.05) is 0 Å². The Bertz CT molecular complexity index is 1050. The van der Waals surface area contributed by atoms with Gasteiger partial charge in [0.2, 0.25) is 16.0 Å². The van der Waals surface area contributed by atoms with Crippen LogP contribution in [0.3, 0.4) is 0 Å². The number of carboxylic acid groups (broad SMARTS) is 1. The zero-order chi connectivity index (χ0) is 18.0. The molecule has 0 aliphatic heterocycles. The van der Waals surface area contributed by atoms with E-state index in [0.29, 0.717) is 22.7 Å². The molecule has 9 heteroatoms. The molecule has 1 aromatic heterocycles. The Hall–Kier alpha value is -3.04. The summed E-state index contributed by atoms with van der Waals surface area (Å²) in [5.74, 6) is -0.606. The highest BCUT2D eigenvalue weighted by Crippen LogP contribution is 2.19. The molecule has 0 bridgehead atoms. The van der Waals surface area contributed by atoms with Gasteiger partial charge in [0.1, 0.15) is 0 Å². The number of fused-ring (bicyclic) bond motifs is 1. The number of aliphatic carboxylic acids is 1. The van der Waals surface area contributed by atoms with Crippen LogP contribution in [0, 0.1) is 0 Å². The van der Waals surface area contributed by atoms with Crippen molar-refractivity contribution in [1.29, 1.82) is 0 Å². The van der Waals surface area contributed by atoms with E-state index in [9.17, 15) is 13.2 Å². The van der Waals surface area contributed by atoms with Crippen molar-refractivity contribution in [2.75, 3.05) is 5.32 Å². The number of sulfonamides is 1. The van der Waals surface area contributed by atoms with E-state index in [1.54, 1.807) is 36.5 Å². The maximum absolute atomic E-state index is 11.2. The minimum atomic E-state index is -3.74. The van der Waals surface area contributed by atoms with Gasteiger partial charge in [0, 0.05) is 17.3 Å². The topological polar surface area (TPSA) is 135 Å². The average molecular weight is 358 g/mol. The Morgan fingerprint density at radius 2 is 1.88 bits per heavy atom. The van der Waals surface area contributed by atoms with Crippen molar-refractivity contribution in [3.05, 3.63) is 54.2 Å². The van der Waals surface area contributed by atoms with Gasteiger partial charge in [-0.05, 0) is 35.9 Å². The number of aromatic nitrogens is 2. The van der Waals surface area contributed by atoms with Crippen LogP contribution < -0.4 is 10.5 Å². The van der Waals surface area contributed by atoms with Crippen LogP contribution in [0.5, 0.6) is 0 Å². The van der Waals surface area contributed by atoms with Crippen LogP contribution in [-0.4, -0.2) is 29.5 Å². The lowest BCUT2D eigenvalue weighted by Gasteiger charge is -2.07. The van der Waals surface area contributed by atoms with E-state index in [4.69, 9.17) is 10.2 Å².